The Bertz CT molecular complexity index is 659. The Kier molecular flexibility index (Phi) is 5.07. The number of benzene rings is 2. The molecule has 0 spiro atoms. The largest absolute Gasteiger partial charge is 0.497 e. The Morgan fingerprint density at radius 2 is 1.90 bits per heavy atom. The zero-order valence-electron chi connectivity index (χ0n) is 10.3. The summed E-state index contributed by atoms with van der Waals surface area (Å²) in [6.07, 6.45) is 0. The SMILES string of the molecule is COc1ccc(Br)c(C(=O)Oc2ccc(Br)cc2Cl)c1. The maximum absolute atomic E-state index is 12.2. The highest BCUT2D eigenvalue weighted by molar-refractivity contribution is 9.10. The van der Waals surface area contributed by atoms with Gasteiger partial charge in [-0.3, -0.25) is 0 Å². The van der Waals surface area contributed by atoms with Gasteiger partial charge in [0, 0.05) is 8.95 Å². The molecule has 2 rings (SSSR count). The first-order valence-corrected chi connectivity index (χ1v) is 7.48. The van der Waals surface area contributed by atoms with Crippen molar-refractivity contribution in [3.05, 3.63) is 55.9 Å². The van der Waals surface area contributed by atoms with Gasteiger partial charge >= 0.3 is 5.97 Å². The number of hydrogen-bond donors (Lipinski definition) is 0. The van der Waals surface area contributed by atoms with Gasteiger partial charge in [0.1, 0.15) is 11.5 Å². The van der Waals surface area contributed by atoms with Crippen LogP contribution in [0.25, 0.3) is 0 Å². The van der Waals surface area contributed by atoms with Crippen LogP contribution < -0.4 is 9.47 Å². The van der Waals surface area contributed by atoms with Crippen LogP contribution >= 0.6 is 43.5 Å². The molecule has 0 aliphatic heterocycles. The van der Waals surface area contributed by atoms with Crippen molar-refractivity contribution in [2.24, 2.45) is 0 Å². The number of hydrogen-bond acceptors (Lipinski definition) is 3. The number of carbonyl (C=O) groups is 1. The van der Waals surface area contributed by atoms with Crippen LogP contribution in [-0.2, 0) is 0 Å². The lowest BCUT2D eigenvalue weighted by molar-refractivity contribution is 0.0733. The molecule has 3 nitrogen and oxygen atoms in total. The van der Waals surface area contributed by atoms with Gasteiger partial charge in [0.15, 0.2) is 0 Å². The smallest absolute Gasteiger partial charge is 0.344 e. The number of esters is 1. The summed E-state index contributed by atoms with van der Waals surface area (Å²) in [5.41, 5.74) is 0.364. The Labute approximate surface area is 138 Å². The summed E-state index contributed by atoms with van der Waals surface area (Å²) < 4.78 is 11.8. The van der Waals surface area contributed by atoms with Crippen LogP contribution in [0.3, 0.4) is 0 Å². The van der Waals surface area contributed by atoms with Crippen LogP contribution in [0, 0.1) is 0 Å². The predicted molar refractivity (Wildman–Crippen MR) is 84.8 cm³/mol. The Hall–Kier alpha value is -1.04. The first-order chi connectivity index (χ1) is 9.51. The minimum atomic E-state index is -0.514. The van der Waals surface area contributed by atoms with Crippen molar-refractivity contribution >= 4 is 49.4 Å². The molecule has 0 saturated carbocycles. The number of halogens is 3. The lowest BCUT2D eigenvalue weighted by Crippen LogP contribution is -2.09. The third-order valence-corrected chi connectivity index (χ3v) is 3.97. The van der Waals surface area contributed by atoms with Gasteiger partial charge in [0.05, 0.1) is 17.7 Å². The van der Waals surface area contributed by atoms with Crippen molar-refractivity contribution in [2.45, 2.75) is 0 Å². The molecule has 0 aromatic heterocycles. The van der Waals surface area contributed by atoms with Gasteiger partial charge in [-0.2, -0.15) is 0 Å². The minimum Gasteiger partial charge on any atom is -0.497 e. The third-order valence-electron chi connectivity index (χ3n) is 2.49. The fraction of sp³-hybridized carbons (Fsp3) is 0.0714. The summed E-state index contributed by atoms with van der Waals surface area (Å²) in [6.45, 7) is 0. The summed E-state index contributed by atoms with van der Waals surface area (Å²) in [6, 6.07) is 10.1. The predicted octanol–water partition coefficient (Wildman–Crippen LogP) is 5.09. The molecule has 0 unspecified atom stereocenters. The zero-order valence-corrected chi connectivity index (χ0v) is 14.3. The fourth-order valence-corrected chi connectivity index (χ4v) is 2.62. The maximum Gasteiger partial charge on any atom is 0.344 e. The summed E-state index contributed by atoms with van der Waals surface area (Å²) in [7, 11) is 1.53. The van der Waals surface area contributed by atoms with Crippen molar-refractivity contribution in [2.75, 3.05) is 7.11 Å². The van der Waals surface area contributed by atoms with E-state index in [0.29, 0.717) is 26.6 Å². The van der Waals surface area contributed by atoms with Crippen molar-refractivity contribution < 1.29 is 14.3 Å². The van der Waals surface area contributed by atoms with Crippen LogP contribution in [0.5, 0.6) is 11.5 Å². The van der Waals surface area contributed by atoms with E-state index in [1.807, 2.05) is 0 Å². The van der Waals surface area contributed by atoms with E-state index in [9.17, 15) is 4.79 Å². The van der Waals surface area contributed by atoms with Crippen LogP contribution in [0.15, 0.2) is 45.3 Å². The van der Waals surface area contributed by atoms with E-state index in [4.69, 9.17) is 21.1 Å². The second-order valence-corrected chi connectivity index (χ2v) is 5.99. The van der Waals surface area contributed by atoms with E-state index in [1.165, 1.54) is 7.11 Å². The molecular weight excluding hydrogens is 411 g/mol. The second-order valence-electron chi connectivity index (χ2n) is 3.81. The van der Waals surface area contributed by atoms with E-state index < -0.39 is 5.97 Å². The van der Waals surface area contributed by atoms with Gasteiger partial charge in [0.2, 0.25) is 0 Å². The normalized spacial score (nSPS) is 10.2. The highest BCUT2D eigenvalue weighted by atomic mass is 79.9. The van der Waals surface area contributed by atoms with Gasteiger partial charge in [0.25, 0.3) is 0 Å². The number of rotatable bonds is 3. The molecule has 0 heterocycles. The highest BCUT2D eigenvalue weighted by Crippen LogP contribution is 2.30. The molecule has 0 N–H and O–H groups in total. The number of methoxy groups -OCH3 is 1. The van der Waals surface area contributed by atoms with Gasteiger partial charge in [-0.1, -0.05) is 27.5 Å². The summed E-state index contributed by atoms with van der Waals surface area (Å²) in [4.78, 5) is 12.2. The molecule has 0 amide bonds. The van der Waals surface area contributed by atoms with E-state index in [0.717, 1.165) is 4.47 Å². The molecule has 0 aliphatic rings. The van der Waals surface area contributed by atoms with Gasteiger partial charge in [-0.15, -0.1) is 0 Å². The van der Waals surface area contributed by atoms with Crippen LogP contribution in [-0.4, -0.2) is 13.1 Å². The fourth-order valence-electron chi connectivity index (χ4n) is 1.50. The first kappa shape index (κ1) is 15.4. The molecule has 0 atom stereocenters. The Morgan fingerprint density at radius 1 is 1.15 bits per heavy atom. The van der Waals surface area contributed by atoms with Crippen LogP contribution in [0.4, 0.5) is 0 Å². The molecule has 20 heavy (non-hydrogen) atoms. The second kappa shape index (κ2) is 6.61. The van der Waals surface area contributed by atoms with Crippen molar-refractivity contribution in [1.82, 2.24) is 0 Å². The molecule has 0 radical (unpaired) electrons. The molecule has 0 fully saturated rings. The molecule has 0 aliphatic carbocycles. The maximum atomic E-state index is 12.2. The molecule has 104 valence electrons. The quantitative estimate of drug-likeness (QED) is 0.512. The average molecular weight is 420 g/mol. The van der Waals surface area contributed by atoms with Gasteiger partial charge in [-0.05, 0) is 52.3 Å². The van der Waals surface area contributed by atoms with E-state index in [-0.39, 0.29) is 0 Å². The van der Waals surface area contributed by atoms with E-state index >= 15 is 0 Å². The van der Waals surface area contributed by atoms with E-state index in [1.54, 1.807) is 36.4 Å². The molecule has 0 saturated heterocycles. The topological polar surface area (TPSA) is 35.5 Å². The molecule has 2 aromatic carbocycles. The number of carbonyl (C=O) groups excluding carboxylic acids is 1. The molecule has 0 bridgehead atoms. The first-order valence-electron chi connectivity index (χ1n) is 5.52. The standard InChI is InChI=1S/C14H9Br2ClO3/c1-19-9-3-4-11(16)10(7-9)14(18)20-13-5-2-8(15)6-12(13)17/h2-7H,1H3. The van der Waals surface area contributed by atoms with E-state index in [2.05, 4.69) is 31.9 Å². The summed E-state index contributed by atoms with van der Waals surface area (Å²) >= 11 is 12.6. The van der Waals surface area contributed by atoms with Crippen molar-refractivity contribution in [1.29, 1.82) is 0 Å². The summed E-state index contributed by atoms with van der Waals surface area (Å²) in [5.74, 6) is 0.358. The minimum absolute atomic E-state index is 0.301. The lowest BCUT2D eigenvalue weighted by Gasteiger charge is -2.09. The van der Waals surface area contributed by atoms with Gasteiger partial charge < -0.3 is 9.47 Å². The zero-order chi connectivity index (χ0) is 14.7. The van der Waals surface area contributed by atoms with Crippen LogP contribution in [0.2, 0.25) is 5.02 Å². The average Bonchev–Trinajstić information content (AvgIpc) is 2.42. The molecular formula is C14H9Br2ClO3. The summed E-state index contributed by atoms with van der Waals surface area (Å²) in [5, 5.41) is 0.353. The van der Waals surface area contributed by atoms with Crippen LogP contribution in [0.1, 0.15) is 10.4 Å². The molecule has 2 aromatic rings. The van der Waals surface area contributed by atoms with Crippen molar-refractivity contribution in [3.63, 3.8) is 0 Å². The number of ether oxygens (including phenoxy) is 2. The van der Waals surface area contributed by atoms with Crippen molar-refractivity contribution in [3.8, 4) is 11.5 Å². The Morgan fingerprint density at radius 3 is 2.55 bits per heavy atom. The lowest BCUT2D eigenvalue weighted by atomic mass is 10.2. The Balaban J connectivity index is 2.28. The van der Waals surface area contributed by atoms with Gasteiger partial charge in [-0.25, -0.2) is 4.79 Å². The monoisotopic (exact) mass is 418 g/mol. The third kappa shape index (κ3) is 3.53. The highest BCUT2D eigenvalue weighted by Gasteiger charge is 2.15. The molecule has 6 heteroatoms.